The van der Waals surface area contributed by atoms with Gasteiger partial charge in [0, 0.05) is 32.1 Å². The predicted octanol–water partition coefficient (Wildman–Crippen LogP) is 1.54. The third-order valence-corrected chi connectivity index (χ3v) is 6.25. The minimum absolute atomic E-state index is 0.0760. The zero-order valence-electron chi connectivity index (χ0n) is 17.2. The summed E-state index contributed by atoms with van der Waals surface area (Å²) >= 11 is 0. The fourth-order valence-corrected chi connectivity index (χ4v) is 4.33. The molecule has 2 amide bonds. The van der Waals surface area contributed by atoms with Crippen LogP contribution in [0.15, 0.2) is 4.63 Å². The van der Waals surface area contributed by atoms with Gasteiger partial charge in [-0.25, -0.2) is 4.63 Å². The van der Waals surface area contributed by atoms with Gasteiger partial charge in [-0.05, 0) is 58.0 Å². The van der Waals surface area contributed by atoms with Gasteiger partial charge in [-0.3, -0.25) is 14.5 Å². The lowest BCUT2D eigenvalue weighted by Crippen LogP contribution is -2.41. The number of aryl methyl sites for hydroxylation is 1. The van der Waals surface area contributed by atoms with Gasteiger partial charge in [-0.1, -0.05) is 17.2 Å². The summed E-state index contributed by atoms with van der Waals surface area (Å²) < 4.78 is 4.66. The van der Waals surface area contributed by atoms with Gasteiger partial charge in [0.25, 0.3) is 0 Å². The SMILES string of the molecule is CCN1CCC[C@@H]1CNC(=O)CCC1CCN(C(=O)Cc2nonc2C)CC1. The van der Waals surface area contributed by atoms with E-state index in [1.165, 1.54) is 12.8 Å². The summed E-state index contributed by atoms with van der Waals surface area (Å²) in [5.41, 5.74) is 1.29. The lowest BCUT2D eigenvalue weighted by molar-refractivity contribution is -0.132. The summed E-state index contributed by atoms with van der Waals surface area (Å²) in [5.74, 6) is 0.756. The molecule has 2 aliphatic rings. The molecule has 8 nitrogen and oxygen atoms in total. The number of nitrogens with zero attached hydrogens (tertiary/aromatic N) is 4. The van der Waals surface area contributed by atoms with E-state index in [0.29, 0.717) is 29.8 Å². The van der Waals surface area contributed by atoms with E-state index in [-0.39, 0.29) is 18.2 Å². The number of carbonyl (C=O) groups is 2. The molecule has 0 spiro atoms. The molecule has 0 unspecified atom stereocenters. The first-order chi connectivity index (χ1) is 13.6. The fourth-order valence-electron chi connectivity index (χ4n) is 4.33. The molecule has 0 saturated carbocycles. The molecule has 1 N–H and O–H groups in total. The number of piperidine rings is 1. The Morgan fingerprint density at radius 1 is 1.18 bits per heavy atom. The van der Waals surface area contributed by atoms with Gasteiger partial charge in [-0.15, -0.1) is 0 Å². The molecule has 1 aromatic heterocycles. The van der Waals surface area contributed by atoms with E-state index in [0.717, 1.165) is 52.0 Å². The lowest BCUT2D eigenvalue weighted by atomic mass is 9.92. The Balaban J connectivity index is 1.31. The molecule has 2 fully saturated rings. The van der Waals surface area contributed by atoms with Crippen LogP contribution in [0.1, 0.15) is 56.8 Å². The molecule has 28 heavy (non-hydrogen) atoms. The number of hydrogen-bond donors (Lipinski definition) is 1. The quantitative estimate of drug-likeness (QED) is 0.723. The van der Waals surface area contributed by atoms with Crippen molar-refractivity contribution in [3.8, 4) is 0 Å². The third kappa shape index (κ3) is 5.53. The third-order valence-electron chi connectivity index (χ3n) is 6.25. The maximum Gasteiger partial charge on any atom is 0.228 e. The molecule has 0 bridgehead atoms. The van der Waals surface area contributed by atoms with Gasteiger partial charge in [0.2, 0.25) is 11.8 Å². The second-order valence-corrected chi connectivity index (χ2v) is 8.06. The smallest absolute Gasteiger partial charge is 0.228 e. The van der Waals surface area contributed by atoms with Crippen LogP contribution in [0, 0.1) is 12.8 Å². The van der Waals surface area contributed by atoms with E-state index in [1.54, 1.807) is 6.92 Å². The number of carbonyl (C=O) groups excluding carboxylic acids is 2. The average molecular weight is 392 g/mol. The van der Waals surface area contributed by atoms with Crippen LogP contribution < -0.4 is 5.32 Å². The molecular formula is C20H33N5O3. The van der Waals surface area contributed by atoms with Crippen molar-refractivity contribution in [1.82, 2.24) is 25.4 Å². The Morgan fingerprint density at radius 2 is 1.96 bits per heavy atom. The first-order valence-corrected chi connectivity index (χ1v) is 10.6. The van der Waals surface area contributed by atoms with Crippen molar-refractivity contribution < 1.29 is 14.2 Å². The molecule has 2 saturated heterocycles. The molecular weight excluding hydrogens is 358 g/mol. The van der Waals surface area contributed by atoms with E-state index in [2.05, 4.69) is 32.1 Å². The zero-order chi connectivity index (χ0) is 19.9. The standard InChI is InChI=1S/C20H33N5O3/c1-3-24-10-4-5-17(24)14-21-19(26)7-6-16-8-11-25(12-9-16)20(27)13-18-15(2)22-28-23-18/h16-17H,3-14H2,1-2H3,(H,21,26)/t17-/m1/s1. The minimum Gasteiger partial charge on any atom is -0.355 e. The lowest BCUT2D eigenvalue weighted by Gasteiger charge is -2.32. The summed E-state index contributed by atoms with van der Waals surface area (Å²) in [4.78, 5) is 28.9. The normalized spacial score (nSPS) is 21.2. The Kier molecular flexibility index (Phi) is 7.42. The van der Waals surface area contributed by atoms with Gasteiger partial charge in [-0.2, -0.15) is 0 Å². The monoisotopic (exact) mass is 391 g/mol. The van der Waals surface area contributed by atoms with Crippen LogP contribution in [0.25, 0.3) is 0 Å². The Morgan fingerprint density at radius 3 is 2.64 bits per heavy atom. The van der Waals surface area contributed by atoms with Gasteiger partial charge in [0.1, 0.15) is 11.4 Å². The van der Waals surface area contributed by atoms with Crippen molar-refractivity contribution >= 4 is 11.8 Å². The van der Waals surface area contributed by atoms with Crippen LogP contribution in [-0.4, -0.2) is 70.7 Å². The highest BCUT2D eigenvalue weighted by atomic mass is 16.6. The summed E-state index contributed by atoms with van der Waals surface area (Å²) in [6.07, 6.45) is 6.08. The Hall–Kier alpha value is -1.96. The van der Waals surface area contributed by atoms with E-state index >= 15 is 0 Å². The van der Waals surface area contributed by atoms with Crippen LogP contribution in [0.3, 0.4) is 0 Å². The highest BCUT2D eigenvalue weighted by molar-refractivity contribution is 5.78. The number of aromatic nitrogens is 2. The molecule has 156 valence electrons. The summed E-state index contributed by atoms with van der Waals surface area (Å²) in [6.45, 7) is 8.47. The molecule has 3 heterocycles. The van der Waals surface area contributed by atoms with Crippen molar-refractivity contribution in [2.24, 2.45) is 5.92 Å². The van der Waals surface area contributed by atoms with Crippen LogP contribution in [-0.2, 0) is 16.0 Å². The van der Waals surface area contributed by atoms with Crippen molar-refractivity contribution in [2.75, 3.05) is 32.7 Å². The largest absolute Gasteiger partial charge is 0.355 e. The zero-order valence-corrected chi connectivity index (χ0v) is 17.2. The first-order valence-electron chi connectivity index (χ1n) is 10.6. The Bertz CT molecular complexity index is 654. The average Bonchev–Trinajstić information content (AvgIpc) is 3.33. The number of amides is 2. The second-order valence-electron chi connectivity index (χ2n) is 8.06. The van der Waals surface area contributed by atoms with Crippen LogP contribution in [0.4, 0.5) is 0 Å². The number of likely N-dealkylation sites (N-methyl/N-ethyl adjacent to an activating group) is 1. The van der Waals surface area contributed by atoms with Gasteiger partial charge < -0.3 is 10.2 Å². The predicted molar refractivity (Wildman–Crippen MR) is 105 cm³/mol. The van der Waals surface area contributed by atoms with Gasteiger partial charge >= 0.3 is 0 Å². The van der Waals surface area contributed by atoms with Crippen molar-refractivity contribution in [3.05, 3.63) is 11.4 Å². The molecule has 3 rings (SSSR count). The second kappa shape index (κ2) is 10.0. The van der Waals surface area contributed by atoms with Crippen molar-refractivity contribution in [1.29, 1.82) is 0 Å². The molecule has 0 radical (unpaired) electrons. The molecule has 8 heteroatoms. The number of nitrogens with one attached hydrogen (secondary N) is 1. The summed E-state index contributed by atoms with van der Waals surface area (Å²) in [6, 6.07) is 0.506. The van der Waals surface area contributed by atoms with E-state index in [1.807, 2.05) is 4.90 Å². The van der Waals surface area contributed by atoms with Crippen LogP contribution in [0.2, 0.25) is 0 Å². The van der Waals surface area contributed by atoms with E-state index in [4.69, 9.17) is 0 Å². The highest BCUT2D eigenvalue weighted by Gasteiger charge is 2.25. The van der Waals surface area contributed by atoms with E-state index < -0.39 is 0 Å². The van der Waals surface area contributed by atoms with Gasteiger partial charge in [0.15, 0.2) is 0 Å². The van der Waals surface area contributed by atoms with Crippen molar-refractivity contribution in [2.45, 2.75) is 64.8 Å². The number of hydrogen-bond acceptors (Lipinski definition) is 6. The number of likely N-dealkylation sites (tertiary alicyclic amines) is 2. The molecule has 1 atom stereocenters. The van der Waals surface area contributed by atoms with E-state index in [9.17, 15) is 9.59 Å². The molecule has 1 aromatic rings. The maximum atomic E-state index is 12.4. The van der Waals surface area contributed by atoms with Crippen LogP contribution >= 0.6 is 0 Å². The van der Waals surface area contributed by atoms with Gasteiger partial charge in [0.05, 0.1) is 6.42 Å². The van der Waals surface area contributed by atoms with Crippen molar-refractivity contribution in [3.63, 3.8) is 0 Å². The summed E-state index contributed by atoms with van der Waals surface area (Å²) in [5, 5.41) is 10.6. The molecule has 0 aliphatic carbocycles. The summed E-state index contributed by atoms with van der Waals surface area (Å²) in [7, 11) is 0. The molecule has 0 aromatic carbocycles. The van der Waals surface area contributed by atoms with Crippen LogP contribution in [0.5, 0.6) is 0 Å². The molecule has 2 aliphatic heterocycles. The number of rotatable bonds is 8. The minimum atomic E-state index is 0.0760. The first kappa shape index (κ1) is 20.8. The fraction of sp³-hybridized carbons (Fsp3) is 0.800. The Labute approximate surface area is 167 Å². The maximum absolute atomic E-state index is 12.4. The topological polar surface area (TPSA) is 91.6 Å². The highest BCUT2D eigenvalue weighted by Crippen LogP contribution is 2.22.